The van der Waals surface area contributed by atoms with Gasteiger partial charge in [-0.15, -0.1) is 0 Å². The van der Waals surface area contributed by atoms with Crippen molar-refractivity contribution in [3.63, 3.8) is 0 Å². The van der Waals surface area contributed by atoms with Gasteiger partial charge in [0.25, 0.3) is 0 Å². The van der Waals surface area contributed by atoms with E-state index < -0.39 is 0 Å². The molecule has 2 aromatic carbocycles. The van der Waals surface area contributed by atoms with Crippen molar-refractivity contribution in [3.05, 3.63) is 69.7 Å². The fourth-order valence-electron chi connectivity index (χ4n) is 3.77. The summed E-state index contributed by atoms with van der Waals surface area (Å²) in [6.07, 6.45) is 3.51. The maximum atomic E-state index is 6.44. The highest BCUT2D eigenvalue weighted by Gasteiger charge is 2.50. The van der Waals surface area contributed by atoms with E-state index in [1.807, 2.05) is 25.2 Å². The van der Waals surface area contributed by atoms with Gasteiger partial charge in [-0.05, 0) is 71.7 Å². The Kier molecular flexibility index (Phi) is 3.78. The third-order valence-electron chi connectivity index (χ3n) is 5.35. The molecule has 2 aromatic rings. The molecule has 0 saturated heterocycles. The van der Waals surface area contributed by atoms with Crippen molar-refractivity contribution in [2.75, 3.05) is 12.4 Å². The molecule has 1 aliphatic heterocycles. The van der Waals surface area contributed by atoms with Gasteiger partial charge in [0.15, 0.2) is 0 Å². The molecule has 0 amide bonds. The van der Waals surface area contributed by atoms with Crippen LogP contribution < -0.4 is 10.6 Å². The second kappa shape index (κ2) is 5.72. The van der Waals surface area contributed by atoms with Crippen LogP contribution in [0.25, 0.3) is 5.70 Å². The van der Waals surface area contributed by atoms with E-state index in [1.54, 1.807) is 0 Å². The lowest BCUT2D eigenvalue weighted by molar-refractivity contribution is 0.533. The zero-order valence-electron chi connectivity index (χ0n) is 13.6. The van der Waals surface area contributed by atoms with Crippen LogP contribution in [0.15, 0.2) is 43.0 Å². The summed E-state index contributed by atoms with van der Waals surface area (Å²) in [6, 6.07) is 12.5. The van der Waals surface area contributed by atoms with Crippen LogP contribution in [0.5, 0.6) is 0 Å². The fraction of sp³-hybridized carbons (Fsp3) is 0.300. The molecule has 0 radical (unpaired) electrons. The van der Waals surface area contributed by atoms with Gasteiger partial charge in [-0.25, -0.2) is 0 Å². The van der Waals surface area contributed by atoms with Crippen LogP contribution in [-0.2, 0) is 5.41 Å². The van der Waals surface area contributed by atoms with E-state index in [4.69, 9.17) is 23.2 Å². The van der Waals surface area contributed by atoms with Crippen molar-refractivity contribution in [1.82, 2.24) is 5.32 Å². The Morgan fingerprint density at radius 3 is 2.71 bits per heavy atom. The van der Waals surface area contributed by atoms with Gasteiger partial charge >= 0.3 is 0 Å². The summed E-state index contributed by atoms with van der Waals surface area (Å²) < 4.78 is 0. The van der Waals surface area contributed by atoms with Gasteiger partial charge in [0.1, 0.15) is 0 Å². The van der Waals surface area contributed by atoms with Crippen molar-refractivity contribution in [2.24, 2.45) is 0 Å². The molecule has 1 saturated carbocycles. The van der Waals surface area contributed by atoms with E-state index >= 15 is 0 Å². The molecule has 2 nitrogen and oxygen atoms in total. The van der Waals surface area contributed by atoms with E-state index in [-0.39, 0.29) is 11.5 Å². The fourth-order valence-corrected chi connectivity index (χ4v) is 4.20. The first kappa shape index (κ1) is 15.9. The first-order chi connectivity index (χ1) is 11.5. The molecule has 2 aliphatic rings. The van der Waals surface area contributed by atoms with Gasteiger partial charge in [-0.1, -0.05) is 35.8 Å². The molecule has 4 heteroatoms. The second-order valence-corrected chi connectivity index (χ2v) is 7.68. The minimum absolute atomic E-state index is 0.199. The Bertz CT molecular complexity index is 824. The van der Waals surface area contributed by atoms with E-state index in [9.17, 15) is 0 Å². The smallest absolute Gasteiger partial charge is 0.0537 e. The minimum atomic E-state index is 0.199. The Balaban J connectivity index is 1.74. The number of nitrogens with one attached hydrogen (secondary N) is 2. The van der Waals surface area contributed by atoms with Crippen molar-refractivity contribution >= 4 is 34.6 Å². The number of hydrogen-bond acceptors (Lipinski definition) is 2. The highest BCUT2D eigenvalue weighted by molar-refractivity contribution is 6.33. The van der Waals surface area contributed by atoms with Crippen LogP contribution in [0.2, 0.25) is 10.0 Å². The minimum Gasteiger partial charge on any atom is -0.388 e. The SMILES string of the molecule is C=C(NC)c1ccc2c(c1)C1(CC1)CC(c1cc(Cl)ccc1Cl)N2. The molecule has 124 valence electrons. The van der Waals surface area contributed by atoms with E-state index in [2.05, 4.69) is 35.4 Å². The lowest BCUT2D eigenvalue weighted by atomic mass is 9.81. The van der Waals surface area contributed by atoms with Crippen molar-refractivity contribution in [2.45, 2.75) is 30.7 Å². The van der Waals surface area contributed by atoms with E-state index in [1.165, 1.54) is 24.1 Å². The zero-order valence-corrected chi connectivity index (χ0v) is 15.1. The molecular weight excluding hydrogens is 339 g/mol. The first-order valence-corrected chi connectivity index (χ1v) is 9.01. The predicted molar refractivity (Wildman–Crippen MR) is 103 cm³/mol. The Labute approximate surface area is 152 Å². The molecule has 2 N–H and O–H groups in total. The van der Waals surface area contributed by atoms with Gasteiger partial charge in [0, 0.05) is 28.5 Å². The molecule has 4 rings (SSSR count). The summed E-state index contributed by atoms with van der Waals surface area (Å²) in [7, 11) is 1.91. The van der Waals surface area contributed by atoms with Gasteiger partial charge < -0.3 is 10.6 Å². The van der Waals surface area contributed by atoms with Crippen LogP contribution in [0.3, 0.4) is 0 Å². The average molecular weight is 359 g/mol. The van der Waals surface area contributed by atoms with Gasteiger partial charge in [0.2, 0.25) is 0 Å². The van der Waals surface area contributed by atoms with Crippen molar-refractivity contribution in [3.8, 4) is 0 Å². The lowest BCUT2D eigenvalue weighted by Crippen LogP contribution is -2.26. The Morgan fingerprint density at radius 1 is 1.21 bits per heavy atom. The number of rotatable bonds is 3. The molecule has 1 unspecified atom stereocenters. The van der Waals surface area contributed by atoms with Crippen LogP contribution in [0.4, 0.5) is 5.69 Å². The maximum absolute atomic E-state index is 6.44. The van der Waals surface area contributed by atoms with Gasteiger partial charge in [0.05, 0.1) is 6.04 Å². The monoisotopic (exact) mass is 358 g/mol. The highest BCUT2D eigenvalue weighted by Crippen LogP contribution is 2.59. The van der Waals surface area contributed by atoms with Crippen LogP contribution >= 0.6 is 23.2 Å². The summed E-state index contributed by atoms with van der Waals surface area (Å²) in [6.45, 7) is 4.08. The molecular formula is C20H20Cl2N2. The van der Waals surface area contributed by atoms with Crippen LogP contribution in [0.1, 0.15) is 42.0 Å². The largest absolute Gasteiger partial charge is 0.388 e. The number of halogens is 2. The quantitative estimate of drug-likeness (QED) is 0.727. The number of anilines is 1. The van der Waals surface area contributed by atoms with Crippen molar-refractivity contribution in [1.29, 1.82) is 0 Å². The topological polar surface area (TPSA) is 24.1 Å². The standard InChI is InChI=1S/C20H20Cl2N2/c1-12(23-2)13-3-6-18-16(9-13)20(7-8-20)11-19(24-18)15-10-14(21)4-5-17(15)22/h3-6,9-10,19,23-24H,1,7-8,11H2,2H3. The van der Waals surface area contributed by atoms with Gasteiger partial charge in [-0.3, -0.25) is 0 Å². The molecule has 1 aliphatic carbocycles. The summed E-state index contributed by atoms with van der Waals surface area (Å²) in [5, 5.41) is 8.31. The maximum Gasteiger partial charge on any atom is 0.0537 e. The van der Waals surface area contributed by atoms with Crippen molar-refractivity contribution < 1.29 is 0 Å². The summed E-state index contributed by atoms with van der Waals surface area (Å²) in [4.78, 5) is 0. The van der Waals surface area contributed by atoms with Crippen LogP contribution in [0, 0.1) is 0 Å². The van der Waals surface area contributed by atoms with Crippen LogP contribution in [-0.4, -0.2) is 7.05 Å². The van der Waals surface area contributed by atoms with E-state index in [0.717, 1.165) is 33.3 Å². The van der Waals surface area contributed by atoms with Gasteiger partial charge in [-0.2, -0.15) is 0 Å². The third-order valence-corrected chi connectivity index (χ3v) is 5.93. The second-order valence-electron chi connectivity index (χ2n) is 6.84. The molecule has 1 heterocycles. The number of hydrogen-bond donors (Lipinski definition) is 2. The zero-order chi connectivity index (χ0) is 16.9. The predicted octanol–water partition coefficient (Wildman–Crippen LogP) is 5.77. The highest BCUT2D eigenvalue weighted by atomic mass is 35.5. The molecule has 24 heavy (non-hydrogen) atoms. The third kappa shape index (κ3) is 2.58. The summed E-state index contributed by atoms with van der Waals surface area (Å²) >= 11 is 12.6. The van der Waals surface area contributed by atoms with E-state index in [0.29, 0.717) is 0 Å². The summed E-state index contributed by atoms with van der Waals surface area (Å²) in [5.41, 5.74) is 6.07. The molecule has 1 fully saturated rings. The molecule has 0 bridgehead atoms. The molecule has 0 aromatic heterocycles. The average Bonchev–Trinajstić information content (AvgIpc) is 3.36. The first-order valence-electron chi connectivity index (χ1n) is 8.25. The Hall–Kier alpha value is -1.64. The molecule has 1 spiro atoms. The number of fused-ring (bicyclic) bond motifs is 2. The number of benzene rings is 2. The summed E-state index contributed by atoms with van der Waals surface area (Å²) in [5.74, 6) is 0. The lowest BCUT2D eigenvalue weighted by Gasteiger charge is -2.35. The molecule has 1 atom stereocenters. The Morgan fingerprint density at radius 2 is 2.00 bits per heavy atom. The normalized spacial score (nSPS) is 20.2.